The number of aromatic nitrogens is 2. The van der Waals surface area contributed by atoms with E-state index in [0.29, 0.717) is 6.04 Å². The Labute approximate surface area is 168 Å². The van der Waals surface area contributed by atoms with E-state index in [2.05, 4.69) is 54.0 Å². The second-order valence-corrected chi connectivity index (χ2v) is 7.96. The number of piperazine rings is 1. The monoisotopic (exact) mass is 386 g/mol. The molecule has 1 saturated heterocycles. The molecule has 1 unspecified atom stereocenters. The van der Waals surface area contributed by atoms with Crippen LogP contribution < -0.4 is 4.74 Å². The minimum atomic E-state index is 0.224. The summed E-state index contributed by atoms with van der Waals surface area (Å²) < 4.78 is 7.34. The molecule has 1 fully saturated rings. The molecule has 1 aliphatic rings. The molecular formula is C22H34N4O2. The molecule has 6 nitrogen and oxygen atoms in total. The number of nitrogens with zero attached hydrogens (tertiary/aromatic N) is 4. The van der Waals surface area contributed by atoms with E-state index in [4.69, 9.17) is 4.74 Å². The number of rotatable bonds is 7. The maximum Gasteiger partial charge on any atom is 0.122 e. The summed E-state index contributed by atoms with van der Waals surface area (Å²) in [7, 11) is 3.70. The van der Waals surface area contributed by atoms with Crippen molar-refractivity contribution in [2.24, 2.45) is 7.05 Å². The van der Waals surface area contributed by atoms with Crippen LogP contribution in [-0.4, -0.2) is 64.1 Å². The van der Waals surface area contributed by atoms with Crippen molar-refractivity contribution in [2.75, 3.05) is 33.4 Å². The van der Waals surface area contributed by atoms with Crippen molar-refractivity contribution < 1.29 is 9.84 Å². The van der Waals surface area contributed by atoms with E-state index >= 15 is 0 Å². The fourth-order valence-electron chi connectivity index (χ4n) is 4.24. The smallest absolute Gasteiger partial charge is 0.122 e. The zero-order chi connectivity index (χ0) is 20.3. The maximum absolute atomic E-state index is 9.62. The van der Waals surface area contributed by atoms with Gasteiger partial charge in [-0.05, 0) is 49.9 Å². The van der Waals surface area contributed by atoms with Crippen LogP contribution in [0.1, 0.15) is 34.4 Å². The fraction of sp³-hybridized carbons (Fsp3) is 0.591. The Kier molecular flexibility index (Phi) is 6.75. The Hall–Kier alpha value is -1.89. The van der Waals surface area contributed by atoms with Crippen molar-refractivity contribution in [3.63, 3.8) is 0 Å². The highest BCUT2D eigenvalue weighted by Gasteiger charge is 2.27. The zero-order valence-electron chi connectivity index (χ0n) is 17.9. The molecule has 0 saturated carbocycles. The van der Waals surface area contributed by atoms with Crippen molar-refractivity contribution in [1.82, 2.24) is 19.6 Å². The Morgan fingerprint density at radius 1 is 1.11 bits per heavy atom. The van der Waals surface area contributed by atoms with Gasteiger partial charge < -0.3 is 9.84 Å². The summed E-state index contributed by atoms with van der Waals surface area (Å²) in [6.45, 7) is 11.5. The van der Waals surface area contributed by atoms with Gasteiger partial charge in [-0.25, -0.2) is 0 Å². The lowest BCUT2D eigenvalue weighted by molar-refractivity contribution is 0.0497. The molecule has 154 valence electrons. The van der Waals surface area contributed by atoms with Gasteiger partial charge in [-0.1, -0.05) is 6.07 Å². The van der Waals surface area contributed by atoms with Crippen molar-refractivity contribution in [2.45, 2.75) is 46.3 Å². The van der Waals surface area contributed by atoms with Crippen LogP contribution in [0.15, 0.2) is 18.3 Å². The highest BCUT2D eigenvalue weighted by Crippen LogP contribution is 2.26. The largest absolute Gasteiger partial charge is 0.496 e. The first kappa shape index (κ1) is 20.8. The lowest BCUT2D eigenvalue weighted by Crippen LogP contribution is -2.52. The van der Waals surface area contributed by atoms with E-state index in [9.17, 15) is 5.11 Å². The summed E-state index contributed by atoms with van der Waals surface area (Å²) in [6, 6.07) is 4.61. The van der Waals surface area contributed by atoms with Gasteiger partial charge in [-0.2, -0.15) is 5.10 Å². The van der Waals surface area contributed by atoms with E-state index in [1.54, 1.807) is 7.11 Å². The molecule has 0 amide bonds. The normalized spacial score (nSPS) is 18.6. The number of ether oxygens (including phenoxy) is 1. The molecule has 1 aromatic heterocycles. The predicted octanol–water partition coefficient (Wildman–Crippen LogP) is 2.42. The van der Waals surface area contributed by atoms with Gasteiger partial charge >= 0.3 is 0 Å². The minimum absolute atomic E-state index is 0.224. The molecule has 1 atom stereocenters. The van der Waals surface area contributed by atoms with Crippen LogP contribution in [-0.2, 0) is 20.1 Å². The first-order chi connectivity index (χ1) is 13.4. The number of aryl methyl sites for hydroxylation is 2. The molecule has 2 aromatic rings. The quantitative estimate of drug-likeness (QED) is 0.792. The number of aliphatic hydroxyl groups excluding tert-OH is 1. The summed E-state index contributed by atoms with van der Waals surface area (Å²) in [5.41, 5.74) is 6.26. The van der Waals surface area contributed by atoms with E-state index < -0.39 is 0 Å². The molecule has 0 aliphatic carbocycles. The third-order valence-electron chi connectivity index (χ3n) is 6.10. The molecule has 2 heterocycles. The Balaban J connectivity index is 1.69. The van der Waals surface area contributed by atoms with Gasteiger partial charge in [-0.3, -0.25) is 14.5 Å². The van der Waals surface area contributed by atoms with Crippen LogP contribution in [0.4, 0.5) is 0 Å². The molecule has 3 rings (SSSR count). The van der Waals surface area contributed by atoms with Crippen LogP contribution in [0.25, 0.3) is 0 Å². The highest BCUT2D eigenvalue weighted by molar-refractivity contribution is 5.43. The van der Waals surface area contributed by atoms with Crippen LogP contribution in [0, 0.1) is 20.8 Å². The van der Waals surface area contributed by atoms with Crippen LogP contribution in [0.3, 0.4) is 0 Å². The van der Waals surface area contributed by atoms with Gasteiger partial charge in [0, 0.05) is 64.2 Å². The minimum Gasteiger partial charge on any atom is -0.496 e. The van der Waals surface area contributed by atoms with Gasteiger partial charge in [0.15, 0.2) is 0 Å². The first-order valence-electron chi connectivity index (χ1n) is 10.1. The maximum atomic E-state index is 9.62. The van der Waals surface area contributed by atoms with Gasteiger partial charge in [0.25, 0.3) is 0 Å². The van der Waals surface area contributed by atoms with E-state index in [1.165, 1.54) is 22.3 Å². The summed E-state index contributed by atoms with van der Waals surface area (Å²) in [5, 5.41) is 14.1. The van der Waals surface area contributed by atoms with Crippen LogP contribution in [0.2, 0.25) is 0 Å². The van der Waals surface area contributed by atoms with Gasteiger partial charge in [-0.15, -0.1) is 0 Å². The summed E-state index contributed by atoms with van der Waals surface area (Å²) in [4.78, 5) is 5.02. The molecule has 1 N–H and O–H groups in total. The van der Waals surface area contributed by atoms with Crippen molar-refractivity contribution in [3.05, 3.63) is 46.3 Å². The molecule has 0 bridgehead atoms. The second kappa shape index (κ2) is 9.07. The molecular weight excluding hydrogens is 352 g/mol. The van der Waals surface area contributed by atoms with Gasteiger partial charge in [0.05, 0.1) is 12.8 Å². The molecule has 1 aliphatic heterocycles. The van der Waals surface area contributed by atoms with Crippen LogP contribution in [0.5, 0.6) is 5.75 Å². The molecule has 1 aromatic carbocycles. The number of methoxy groups -OCH3 is 1. The summed E-state index contributed by atoms with van der Waals surface area (Å²) >= 11 is 0. The van der Waals surface area contributed by atoms with Gasteiger partial charge in [0.1, 0.15) is 5.75 Å². The van der Waals surface area contributed by atoms with Gasteiger partial charge in [0.2, 0.25) is 0 Å². The second-order valence-electron chi connectivity index (χ2n) is 7.96. The number of hydrogen-bond acceptors (Lipinski definition) is 5. The highest BCUT2D eigenvalue weighted by atomic mass is 16.5. The Morgan fingerprint density at radius 3 is 2.54 bits per heavy atom. The first-order valence-corrected chi connectivity index (χ1v) is 10.1. The average molecular weight is 387 g/mol. The topological polar surface area (TPSA) is 53.8 Å². The van der Waals surface area contributed by atoms with Crippen molar-refractivity contribution >= 4 is 0 Å². The van der Waals surface area contributed by atoms with E-state index in [0.717, 1.165) is 50.6 Å². The molecule has 6 heteroatoms. The number of benzene rings is 1. The SMILES string of the molecule is COc1ccc(CN2CCN(Cc3cn(C)nc3C)CC2CCO)c(C)c1C. The Morgan fingerprint density at radius 2 is 1.89 bits per heavy atom. The predicted molar refractivity (Wildman–Crippen MR) is 112 cm³/mol. The van der Waals surface area contributed by atoms with Crippen molar-refractivity contribution in [1.29, 1.82) is 0 Å². The van der Waals surface area contributed by atoms with E-state index in [1.807, 2.05) is 11.7 Å². The van der Waals surface area contributed by atoms with Crippen LogP contribution >= 0.6 is 0 Å². The fourth-order valence-corrected chi connectivity index (χ4v) is 4.24. The lowest BCUT2D eigenvalue weighted by atomic mass is 10.00. The summed E-state index contributed by atoms with van der Waals surface area (Å²) in [6.07, 6.45) is 2.92. The molecule has 28 heavy (non-hydrogen) atoms. The molecule has 0 radical (unpaired) electrons. The molecule has 0 spiro atoms. The number of aliphatic hydroxyl groups is 1. The standard InChI is InChI=1S/C22H34N4O2/c1-16-17(2)22(28-5)7-6-19(16)14-26-10-9-25(15-21(26)8-11-27)13-20-12-24(4)23-18(20)3/h6-7,12,21,27H,8-11,13-15H2,1-5H3. The third kappa shape index (κ3) is 4.57. The lowest BCUT2D eigenvalue weighted by Gasteiger charge is -2.41. The van der Waals surface area contributed by atoms with Crippen molar-refractivity contribution in [3.8, 4) is 5.75 Å². The number of hydrogen-bond donors (Lipinski definition) is 1. The summed E-state index contributed by atoms with van der Waals surface area (Å²) in [5.74, 6) is 0.949. The average Bonchev–Trinajstić information content (AvgIpc) is 2.98. The Bertz CT molecular complexity index is 802. The third-order valence-corrected chi connectivity index (χ3v) is 6.10. The van der Waals surface area contributed by atoms with E-state index in [-0.39, 0.29) is 6.61 Å². The zero-order valence-corrected chi connectivity index (χ0v) is 17.9.